The lowest BCUT2D eigenvalue weighted by molar-refractivity contribution is 0.402. The molecule has 1 aromatic heterocycles. The van der Waals surface area contributed by atoms with Gasteiger partial charge in [-0.1, -0.05) is 23.7 Å². The Hall–Kier alpha value is -2.59. The quantitative estimate of drug-likeness (QED) is 0.709. The molecule has 0 saturated heterocycles. The van der Waals surface area contributed by atoms with E-state index in [1.54, 1.807) is 14.2 Å². The Balaban J connectivity index is 2.01. The molecule has 116 valence electrons. The summed E-state index contributed by atoms with van der Waals surface area (Å²) in [7, 11) is 3.25. The minimum absolute atomic E-state index is 0.363. The third-order valence-electron chi connectivity index (χ3n) is 3.41. The summed E-state index contributed by atoms with van der Waals surface area (Å²) in [5.41, 5.74) is 3.05. The van der Waals surface area contributed by atoms with E-state index >= 15 is 0 Å². The van der Waals surface area contributed by atoms with Crippen LogP contribution in [0.15, 0.2) is 42.5 Å². The largest absolute Gasteiger partial charge is 0.497 e. The molecule has 3 aromatic rings. The van der Waals surface area contributed by atoms with Crippen molar-refractivity contribution < 1.29 is 9.47 Å². The maximum absolute atomic E-state index is 6.22. The minimum atomic E-state index is 0.363. The van der Waals surface area contributed by atoms with E-state index in [9.17, 15) is 0 Å². The molecule has 0 N–H and O–H groups in total. The molecule has 0 spiro atoms. The molecule has 1 heterocycles. The number of methoxy groups -OCH3 is 2. The molecule has 0 aliphatic rings. The van der Waals surface area contributed by atoms with E-state index in [0.717, 1.165) is 28.1 Å². The van der Waals surface area contributed by atoms with Gasteiger partial charge in [-0.25, -0.2) is 9.97 Å². The lowest BCUT2D eigenvalue weighted by atomic mass is 10.1. The second-order valence-electron chi connectivity index (χ2n) is 4.83. The zero-order chi connectivity index (χ0) is 16.2. The van der Waals surface area contributed by atoms with Gasteiger partial charge in [0.05, 0.1) is 25.3 Å². The standard InChI is InChI=1S/C18H15ClN2O2/c1-22-13-8-10-17(23-2)12(11-13)7-9-16-18(19)21-15-6-4-3-5-14(15)20-16/h3-11H,1-2H3/b9-7+. The first-order valence-corrected chi connectivity index (χ1v) is 7.41. The van der Waals surface area contributed by atoms with Crippen molar-refractivity contribution in [3.8, 4) is 11.5 Å². The Morgan fingerprint density at radius 1 is 0.913 bits per heavy atom. The fourth-order valence-corrected chi connectivity index (χ4v) is 2.43. The van der Waals surface area contributed by atoms with Crippen molar-refractivity contribution in [1.29, 1.82) is 0 Å². The zero-order valence-corrected chi connectivity index (χ0v) is 13.5. The molecule has 0 aliphatic carbocycles. The lowest BCUT2D eigenvalue weighted by Gasteiger charge is -2.07. The van der Waals surface area contributed by atoms with Gasteiger partial charge in [0.2, 0.25) is 0 Å². The van der Waals surface area contributed by atoms with E-state index < -0.39 is 0 Å². The summed E-state index contributed by atoms with van der Waals surface area (Å²) in [5.74, 6) is 1.49. The van der Waals surface area contributed by atoms with E-state index in [0.29, 0.717) is 10.8 Å². The van der Waals surface area contributed by atoms with E-state index in [1.165, 1.54) is 0 Å². The fourth-order valence-electron chi connectivity index (χ4n) is 2.24. The average Bonchev–Trinajstić information content (AvgIpc) is 2.59. The van der Waals surface area contributed by atoms with Gasteiger partial charge >= 0.3 is 0 Å². The number of aromatic nitrogens is 2. The van der Waals surface area contributed by atoms with Crippen LogP contribution < -0.4 is 9.47 Å². The third kappa shape index (κ3) is 3.27. The normalized spacial score (nSPS) is 11.1. The van der Waals surface area contributed by atoms with Gasteiger partial charge in [0, 0.05) is 5.56 Å². The van der Waals surface area contributed by atoms with Gasteiger partial charge in [0.1, 0.15) is 17.2 Å². The minimum Gasteiger partial charge on any atom is -0.497 e. The highest BCUT2D eigenvalue weighted by atomic mass is 35.5. The highest BCUT2D eigenvalue weighted by molar-refractivity contribution is 6.31. The summed E-state index contributed by atoms with van der Waals surface area (Å²) in [4.78, 5) is 8.89. The van der Waals surface area contributed by atoms with Gasteiger partial charge in [-0.05, 0) is 42.5 Å². The maximum atomic E-state index is 6.22. The van der Waals surface area contributed by atoms with Crippen LogP contribution in [0.4, 0.5) is 0 Å². The second kappa shape index (κ2) is 6.67. The van der Waals surface area contributed by atoms with Gasteiger partial charge in [-0.15, -0.1) is 0 Å². The smallest absolute Gasteiger partial charge is 0.155 e. The summed E-state index contributed by atoms with van der Waals surface area (Å²) in [6.45, 7) is 0. The van der Waals surface area contributed by atoms with Crippen molar-refractivity contribution in [2.24, 2.45) is 0 Å². The number of hydrogen-bond donors (Lipinski definition) is 0. The van der Waals surface area contributed by atoms with Gasteiger partial charge in [0.25, 0.3) is 0 Å². The number of nitrogens with zero attached hydrogens (tertiary/aromatic N) is 2. The van der Waals surface area contributed by atoms with Crippen LogP contribution in [0.5, 0.6) is 11.5 Å². The molecule has 0 aliphatic heterocycles. The fraction of sp³-hybridized carbons (Fsp3) is 0.111. The van der Waals surface area contributed by atoms with Crippen LogP contribution in [0.1, 0.15) is 11.3 Å². The Kier molecular flexibility index (Phi) is 4.44. The van der Waals surface area contributed by atoms with Crippen LogP contribution in [-0.4, -0.2) is 24.2 Å². The van der Waals surface area contributed by atoms with Crippen LogP contribution in [0.25, 0.3) is 23.2 Å². The first kappa shape index (κ1) is 15.3. The monoisotopic (exact) mass is 326 g/mol. The van der Waals surface area contributed by atoms with Crippen LogP contribution >= 0.6 is 11.6 Å². The molecule has 0 unspecified atom stereocenters. The summed E-state index contributed by atoms with van der Waals surface area (Å²) < 4.78 is 10.6. The summed E-state index contributed by atoms with van der Waals surface area (Å²) in [5, 5.41) is 0.363. The SMILES string of the molecule is COc1ccc(OC)c(/C=C/c2nc3ccccc3nc2Cl)c1. The molecule has 0 atom stereocenters. The van der Waals surface area contributed by atoms with Gasteiger partial charge < -0.3 is 9.47 Å². The molecule has 0 fully saturated rings. The topological polar surface area (TPSA) is 44.2 Å². The Labute approximate surface area is 139 Å². The third-order valence-corrected chi connectivity index (χ3v) is 3.69. The van der Waals surface area contributed by atoms with Crippen LogP contribution in [0.3, 0.4) is 0 Å². The van der Waals surface area contributed by atoms with E-state index in [4.69, 9.17) is 21.1 Å². The zero-order valence-electron chi connectivity index (χ0n) is 12.8. The summed E-state index contributed by atoms with van der Waals surface area (Å²) >= 11 is 6.22. The molecule has 0 saturated carbocycles. The van der Waals surface area contributed by atoms with Gasteiger partial charge in [-0.2, -0.15) is 0 Å². The van der Waals surface area contributed by atoms with Crippen molar-refractivity contribution in [2.75, 3.05) is 14.2 Å². The van der Waals surface area contributed by atoms with Crippen LogP contribution in [0, 0.1) is 0 Å². The van der Waals surface area contributed by atoms with Crippen LogP contribution in [0.2, 0.25) is 5.15 Å². The van der Waals surface area contributed by atoms with E-state index in [2.05, 4.69) is 9.97 Å². The highest BCUT2D eigenvalue weighted by Gasteiger charge is 2.05. The van der Waals surface area contributed by atoms with Crippen LogP contribution in [-0.2, 0) is 0 Å². The highest BCUT2D eigenvalue weighted by Crippen LogP contribution is 2.26. The molecular weight excluding hydrogens is 312 g/mol. The molecule has 4 nitrogen and oxygen atoms in total. The molecule has 3 rings (SSSR count). The Morgan fingerprint density at radius 2 is 1.65 bits per heavy atom. The first-order valence-electron chi connectivity index (χ1n) is 7.03. The Morgan fingerprint density at radius 3 is 2.35 bits per heavy atom. The molecule has 0 amide bonds. The van der Waals surface area contributed by atoms with Gasteiger partial charge in [0.15, 0.2) is 5.15 Å². The number of hydrogen-bond acceptors (Lipinski definition) is 4. The molecule has 23 heavy (non-hydrogen) atoms. The molecular formula is C18H15ClN2O2. The molecule has 0 bridgehead atoms. The molecule has 0 radical (unpaired) electrons. The maximum Gasteiger partial charge on any atom is 0.155 e. The van der Waals surface area contributed by atoms with Crippen molar-refractivity contribution in [1.82, 2.24) is 9.97 Å². The van der Waals surface area contributed by atoms with E-state index in [1.807, 2.05) is 54.6 Å². The number of rotatable bonds is 4. The second-order valence-corrected chi connectivity index (χ2v) is 5.19. The number of benzene rings is 2. The summed E-state index contributed by atoms with van der Waals surface area (Å²) in [6.07, 6.45) is 3.70. The van der Waals surface area contributed by atoms with Crippen molar-refractivity contribution in [3.05, 3.63) is 58.9 Å². The number of ether oxygens (including phenoxy) is 2. The van der Waals surface area contributed by atoms with Gasteiger partial charge in [-0.3, -0.25) is 0 Å². The van der Waals surface area contributed by atoms with Crippen molar-refractivity contribution in [2.45, 2.75) is 0 Å². The molecule has 2 aromatic carbocycles. The summed E-state index contributed by atoms with van der Waals surface area (Å²) in [6, 6.07) is 13.2. The number of para-hydroxylation sites is 2. The van der Waals surface area contributed by atoms with E-state index in [-0.39, 0.29) is 0 Å². The predicted octanol–water partition coefficient (Wildman–Crippen LogP) is 4.47. The van der Waals surface area contributed by atoms with Crippen molar-refractivity contribution in [3.63, 3.8) is 0 Å². The number of halogens is 1. The predicted molar refractivity (Wildman–Crippen MR) is 93.0 cm³/mol. The average molecular weight is 327 g/mol. The van der Waals surface area contributed by atoms with Crippen molar-refractivity contribution >= 4 is 34.8 Å². The number of fused-ring (bicyclic) bond motifs is 1. The molecule has 5 heteroatoms. The lowest BCUT2D eigenvalue weighted by Crippen LogP contribution is -1.91. The Bertz CT molecular complexity index is 878. The first-order chi connectivity index (χ1) is 11.2.